The first kappa shape index (κ1) is 15.6. The molecule has 1 rings (SSSR count). The number of ether oxygens (including phenoxy) is 2. The first-order chi connectivity index (χ1) is 8.90. The summed E-state index contributed by atoms with van der Waals surface area (Å²) in [7, 11) is -0.935. The fraction of sp³-hybridized carbons (Fsp3) is 0.364. The predicted octanol–water partition coefficient (Wildman–Crippen LogP) is 0.282. The van der Waals surface area contributed by atoms with Crippen LogP contribution in [-0.4, -0.2) is 46.5 Å². The molecule has 0 spiro atoms. The lowest BCUT2D eigenvalue weighted by Crippen LogP contribution is -2.34. The molecule has 0 aliphatic rings. The molecule has 0 fully saturated rings. The number of methoxy groups -OCH3 is 2. The van der Waals surface area contributed by atoms with Crippen LogP contribution in [0.2, 0.25) is 0 Å². The molecule has 0 amide bonds. The number of aromatic carboxylic acids is 1. The average molecular weight is 289 g/mol. The van der Waals surface area contributed by atoms with Crippen molar-refractivity contribution in [3.05, 3.63) is 29.8 Å². The van der Waals surface area contributed by atoms with E-state index in [9.17, 15) is 13.2 Å². The third-order valence-electron chi connectivity index (χ3n) is 2.38. The summed E-state index contributed by atoms with van der Waals surface area (Å²) >= 11 is 0. The summed E-state index contributed by atoms with van der Waals surface area (Å²) in [5.74, 6) is -1.12. The Morgan fingerprint density at radius 2 is 1.79 bits per heavy atom. The van der Waals surface area contributed by atoms with Gasteiger partial charge >= 0.3 is 5.97 Å². The molecular weight excluding hydrogens is 274 g/mol. The number of carbonyl (C=O) groups is 1. The molecule has 19 heavy (non-hydrogen) atoms. The van der Waals surface area contributed by atoms with E-state index in [1.54, 1.807) is 0 Å². The minimum atomic E-state index is -3.72. The summed E-state index contributed by atoms with van der Waals surface area (Å²) in [5.41, 5.74) is 0.0191. The van der Waals surface area contributed by atoms with E-state index in [0.29, 0.717) is 0 Å². The average Bonchev–Trinajstić information content (AvgIpc) is 2.40. The first-order valence-corrected chi connectivity index (χ1v) is 6.77. The van der Waals surface area contributed by atoms with E-state index in [-0.39, 0.29) is 17.0 Å². The van der Waals surface area contributed by atoms with Gasteiger partial charge in [-0.15, -0.1) is 0 Å². The van der Waals surface area contributed by atoms with E-state index < -0.39 is 22.3 Å². The summed E-state index contributed by atoms with van der Waals surface area (Å²) in [6.45, 7) is -0.0456. The van der Waals surface area contributed by atoms with Gasteiger partial charge in [0.2, 0.25) is 10.0 Å². The Morgan fingerprint density at radius 3 is 2.21 bits per heavy atom. The lowest BCUT2D eigenvalue weighted by atomic mass is 10.2. The molecule has 0 unspecified atom stereocenters. The molecule has 0 bridgehead atoms. The minimum Gasteiger partial charge on any atom is -0.478 e. The molecule has 1 aromatic rings. The van der Waals surface area contributed by atoms with Crippen molar-refractivity contribution in [3.63, 3.8) is 0 Å². The fourth-order valence-electron chi connectivity index (χ4n) is 1.30. The van der Waals surface area contributed by atoms with Crippen LogP contribution in [-0.2, 0) is 19.5 Å². The number of nitrogens with one attached hydrogen (secondary N) is 1. The number of sulfonamides is 1. The maximum absolute atomic E-state index is 11.9. The molecule has 0 saturated heterocycles. The second-order valence-corrected chi connectivity index (χ2v) is 5.35. The normalized spacial score (nSPS) is 11.7. The lowest BCUT2D eigenvalue weighted by Gasteiger charge is -2.14. The summed E-state index contributed by atoms with van der Waals surface area (Å²) in [6, 6.07) is 4.89. The van der Waals surface area contributed by atoms with Crippen LogP contribution in [0.25, 0.3) is 0 Å². The number of carboxylic acid groups (broad SMARTS) is 1. The highest BCUT2D eigenvalue weighted by atomic mass is 32.2. The van der Waals surface area contributed by atoms with Gasteiger partial charge in [0.1, 0.15) is 0 Å². The van der Waals surface area contributed by atoms with Crippen LogP contribution in [0, 0.1) is 0 Å². The predicted molar refractivity (Wildman–Crippen MR) is 66.4 cm³/mol. The van der Waals surface area contributed by atoms with Crippen LogP contribution >= 0.6 is 0 Å². The van der Waals surface area contributed by atoms with Gasteiger partial charge in [-0.2, -0.15) is 0 Å². The zero-order valence-electron chi connectivity index (χ0n) is 10.5. The summed E-state index contributed by atoms with van der Waals surface area (Å²) in [4.78, 5) is 10.6. The third-order valence-corrected chi connectivity index (χ3v) is 3.82. The largest absolute Gasteiger partial charge is 0.478 e. The van der Waals surface area contributed by atoms with Gasteiger partial charge in [0.25, 0.3) is 0 Å². The highest BCUT2D eigenvalue weighted by molar-refractivity contribution is 7.89. The van der Waals surface area contributed by atoms with Gasteiger partial charge in [0, 0.05) is 14.2 Å². The van der Waals surface area contributed by atoms with Crippen molar-refractivity contribution in [2.24, 2.45) is 0 Å². The first-order valence-electron chi connectivity index (χ1n) is 5.29. The molecule has 0 aromatic heterocycles. The van der Waals surface area contributed by atoms with Crippen LogP contribution in [0.1, 0.15) is 10.4 Å². The highest BCUT2D eigenvalue weighted by Gasteiger charge is 2.17. The Morgan fingerprint density at radius 1 is 1.26 bits per heavy atom. The molecule has 0 heterocycles. The Balaban J connectivity index is 2.80. The molecule has 7 nitrogen and oxygen atoms in total. The molecule has 0 radical (unpaired) electrons. The standard InChI is InChI=1S/C11H15NO6S/c1-17-10(18-2)7-12-19(15,16)9-5-3-8(4-6-9)11(13)14/h3-6,10,12H,7H2,1-2H3,(H,13,14). The monoisotopic (exact) mass is 289 g/mol. The maximum atomic E-state index is 11.9. The Kier molecular flexibility index (Phi) is 5.43. The van der Waals surface area contributed by atoms with Gasteiger partial charge < -0.3 is 14.6 Å². The number of rotatable bonds is 7. The fourth-order valence-corrected chi connectivity index (χ4v) is 2.32. The number of hydrogen-bond acceptors (Lipinski definition) is 5. The smallest absolute Gasteiger partial charge is 0.335 e. The van der Waals surface area contributed by atoms with Crippen molar-refractivity contribution in [1.29, 1.82) is 0 Å². The van der Waals surface area contributed by atoms with Gasteiger partial charge in [-0.05, 0) is 24.3 Å². The van der Waals surface area contributed by atoms with Gasteiger partial charge in [-0.1, -0.05) is 0 Å². The van der Waals surface area contributed by atoms with Crippen molar-refractivity contribution >= 4 is 16.0 Å². The molecule has 8 heteroatoms. The molecular formula is C11H15NO6S. The third kappa shape index (κ3) is 4.28. The molecule has 2 N–H and O–H groups in total. The van der Waals surface area contributed by atoms with Crippen molar-refractivity contribution in [2.45, 2.75) is 11.2 Å². The van der Waals surface area contributed by atoms with Crippen LogP contribution in [0.3, 0.4) is 0 Å². The van der Waals surface area contributed by atoms with E-state index in [4.69, 9.17) is 14.6 Å². The Labute approximate surface area is 111 Å². The quantitative estimate of drug-likeness (QED) is 0.699. The van der Waals surface area contributed by atoms with E-state index in [0.717, 1.165) is 0 Å². The van der Waals surface area contributed by atoms with Crippen LogP contribution in [0.15, 0.2) is 29.2 Å². The van der Waals surface area contributed by atoms with Gasteiger partial charge in [-0.25, -0.2) is 17.9 Å². The molecule has 0 aliphatic carbocycles. The molecule has 1 aromatic carbocycles. The van der Waals surface area contributed by atoms with Crippen molar-refractivity contribution < 1.29 is 27.8 Å². The highest BCUT2D eigenvalue weighted by Crippen LogP contribution is 2.10. The van der Waals surface area contributed by atoms with E-state index in [1.807, 2.05) is 0 Å². The van der Waals surface area contributed by atoms with E-state index in [1.165, 1.54) is 38.5 Å². The van der Waals surface area contributed by atoms with E-state index in [2.05, 4.69) is 4.72 Å². The zero-order valence-corrected chi connectivity index (χ0v) is 11.3. The van der Waals surface area contributed by atoms with Crippen LogP contribution in [0.4, 0.5) is 0 Å². The molecule has 106 valence electrons. The second-order valence-electron chi connectivity index (χ2n) is 3.58. The van der Waals surface area contributed by atoms with Gasteiger partial charge in [0.05, 0.1) is 17.0 Å². The maximum Gasteiger partial charge on any atom is 0.335 e. The van der Waals surface area contributed by atoms with Crippen molar-refractivity contribution in [1.82, 2.24) is 4.72 Å². The van der Waals surface area contributed by atoms with Crippen LogP contribution in [0.5, 0.6) is 0 Å². The van der Waals surface area contributed by atoms with E-state index >= 15 is 0 Å². The number of benzene rings is 1. The Hall–Kier alpha value is -1.48. The zero-order chi connectivity index (χ0) is 14.5. The van der Waals surface area contributed by atoms with Crippen molar-refractivity contribution in [2.75, 3.05) is 20.8 Å². The minimum absolute atomic E-state index is 0.0191. The van der Waals surface area contributed by atoms with Crippen molar-refractivity contribution in [3.8, 4) is 0 Å². The summed E-state index contributed by atoms with van der Waals surface area (Å²) < 4.78 is 35.8. The van der Waals surface area contributed by atoms with Crippen LogP contribution < -0.4 is 4.72 Å². The molecule has 0 atom stereocenters. The number of carboxylic acids is 1. The molecule has 0 saturated carbocycles. The van der Waals surface area contributed by atoms with Gasteiger partial charge in [-0.3, -0.25) is 0 Å². The summed E-state index contributed by atoms with van der Waals surface area (Å²) in [5, 5.41) is 8.72. The SMILES string of the molecule is COC(CNS(=O)(=O)c1ccc(C(=O)O)cc1)OC. The Bertz CT molecular complexity index is 521. The van der Waals surface area contributed by atoms with Gasteiger partial charge in [0.15, 0.2) is 6.29 Å². The summed E-state index contributed by atoms with van der Waals surface area (Å²) in [6.07, 6.45) is -0.687. The topological polar surface area (TPSA) is 102 Å². The lowest BCUT2D eigenvalue weighted by molar-refractivity contribution is -0.0960. The molecule has 0 aliphatic heterocycles. The number of hydrogen-bond donors (Lipinski definition) is 2. The second kappa shape index (κ2) is 6.62.